The molecule has 0 saturated heterocycles. The summed E-state index contributed by atoms with van der Waals surface area (Å²) in [4.78, 5) is 27.8. The van der Waals surface area contributed by atoms with E-state index in [2.05, 4.69) is 5.32 Å². The summed E-state index contributed by atoms with van der Waals surface area (Å²) < 4.78 is 40.4. The van der Waals surface area contributed by atoms with Crippen LogP contribution < -0.4 is 5.32 Å². The van der Waals surface area contributed by atoms with Crippen LogP contribution in [-0.2, 0) is 26.2 Å². The summed E-state index contributed by atoms with van der Waals surface area (Å²) in [6, 6.07) is 11.1. The van der Waals surface area contributed by atoms with E-state index >= 15 is 0 Å². The quantitative estimate of drug-likeness (QED) is 0.521. The van der Waals surface area contributed by atoms with Crippen LogP contribution in [0.15, 0.2) is 53.4 Å². The molecule has 0 aliphatic heterocycles. The predicted molar refractivity (Wildman–Crippen MR) is 130 cm³/mol. The fourth-order valence-corrected chi connectivity index (χ4v) is 4.52. The highest BCUT2D eigenvalue weighted by molar-refractivity contribution is 7.89. The molecule has 1 N–H and O–H groups in total. The van der Waals surface area contributed by atoms with Gasteiger partial charge >= 0.3 is 0 Å². The van der Waals surface area contributed by atoms with Gasteiger partial charge in [0, 0.05) is 19.6 Å². The molecule has 9 heteroatoms. The van der Waals surface area contributed by atoms with Crippen LogP contribution in [0.1, 0.15) is 44.7 Å². The van der Waals surface area contributed by atoms with Crippen LogP contribution in [0.3, 0.4) is 0 Å². The van der Waals surface area contributed by atoms with E-state index in [-0.39, 0.29) is 23.4 Å². The molecule has 0 unspecified atom stereocenters. The van der Waals surface area contributed by atoms with Crippen molar-refractivity contribution in [3.05, 3.63) is 65.5 Å². The predicted octanol–water partition coefficient (Wildman–Crippen LogP) is 3.48. The lowest BCUT2D eigenvalue weighted by atomic mass is 10.1. The van der Waals surface area contributed by atoms with Crippen molar-refractivity contribution in [2.24, 2.45) is 0 Å². The molecular formula is C25H34FN3O4S. The number of sulfonamides is 1. The average Bonchev–Trinajstić information content (AvgIpc) is 2.80. The lowest BCUT2D eigenvalue weighted by molar-refractivity contribution is -0.141. The molecule has 0 fully saturated rings. The number of hydrogen-bond acceptors (Lipinski definition) is 4. The summed E-state index contributed by atoms with van der Waals surface area (Å²) >= 11 is 0. The zero-order chi connectivity index (χ0) is 25.5. The maximum atomic E-state index is 13.4. The highest BCUT2D eigenvalue weighted by Crippen LogP contribution is 2.18. The number of carbonyl (C=O) groups excluding carboxylic acids is 2. The molecular weight excluding hydrogens is 457 g/mol. The van der Waals surface area contributed by atoms with Crippen LogP contribution in [0.5, 0.6) is 0 Å². The van der Waals surface area contributed by atoms with E-state index in [1.54, 1.807) is 31.2 Å². The second-order valence-corrected chi connectivity index (χ2v) is 10.5. The molecule has 0 saturated carbocycles. The van der Waals surface area contributed by atoms with Crippen LogP contribution in [0.2, 0.25) is 0 Å². The average molecular weight is 492 g/mol. The standard InChI is InChI=1S/C25H34FN3O4S/c1-6-19(4)27-25(31)23(7-2)29(16-20-10-12-21(26)13-11-20)24(30)17-28(5)34(32,33)22-14-8-18(3)9-15-22/h8-15,19,23H,6-7,16-17H2,1-5H3,(H,27,31)/t19-,23+/m0/s1. The molecule has 2 aromatic rings. The number of amides is 2. The van der Waals surface area contributed by atoms with Crippen LogP contribution in [0, 0.1) is 12.7 Å². The van der Waals surface area contributed by atoms with Gasteiger partial charge in [0.25, 0.3) is 0 Å². The van der Waals surface area contributed by atoms with Gasteiger partial charge < -0.3 is 10.2 Å². The highest BCUT2D eigenvalue weighted by atomic mass is 32.2. The first-order valence-corrected chi connectivity index (χ1v) is 12.8. The van der Waals surface area contributed by atoms with E-state index in [4.69, 9.17) is 0 Å². The molecule has 0 radical (unpaired) electrons. The van der Waals surface area contributed by atoms with Crippen molar-refractivity contribution in [3.8, 4) is 0 Å². The minimum Gasteiger partial charge on any atom is -0.352 e. The van der Waals surface area contributed by atoms with Gasteiger partial charge in [0.05, 0.1) is 11.4 Å². The van der Waals surface area contributed by atoms with Gasteiger partial charge in [0.2, 0.25) is 21.8 Å². The Morgan fingerprint density at radius 2 is 1.59 bits per heavy atom. The summed E-state index contributed by atoms with van der Waals surface area (Å²) in [6.07, 6.45) is 1.06. The smallest absolute Gasteiger partial charge is 0.243 e. The summed E-state index contributed by atoms with van der Waals surface area (Å²) in [5.74, 6) is -1.24. The van der Waals surface area contributed by atoms with Crippen LogP contribution in [-0.4, -0.2) is 55.1 Å². The molecule has 0 aliphatic carbocycles. The van der Waals surface area contributed by atoms with E-state index < -0.39 is 34.3 Å². The largest absolute Gasteiger partial charge is 0.352 e. The topological polar surface area (TPSA) is 86.8 Å². The van der Waals surface area contributed by atoms with E-state index in [9.17, 15) is 22.4 Å². The lowest BCUT2D eigenvalue weighted by Crippen LogP contribution is -2.53. The Kier molecular flexibility index (Phi) is 9.76. The molecule has 2 amide bonds. The fraction of sp³-hybridized carbons (Fsp3) is 0.440. The van der Waals surface area contributed by atoms with Gasteiger partial charge in [-0.05, 0) is 56.5 Å². The van der Waals surface area contributed by atoms with Crippen molar-refractivity contribution >= 4 is 21.8 Å². The molecule has 2 rings (SSSR count). The number of aryl methyl sites for hydroxylation is 1. The maximum Gasteiger partial charge on any atom is 0.243 e. The second-order valence-electron chi connectivity index (χ2n) is 8.46. The van der Waals surface area contributed by atoms with Gasteiger partial charge in [-0.1, -0.05) is 43.7 Å². The van der Waals surface area contributed by atoms with E-state index in [1.807, 2.05) is 20.8 Å². The SMILES string of the molecule is CC[C@H](C(=O)N[C@@H](C)CC)N(Cc1ccc(F)cc1)C(=O)CN(C)S(=O)(=O)c1ccc(C)cc1. The van der Waals surface area contributed by atoms with Crippen molar-refractivity contribution in [1.29, 1.82) is 0 Å². The molecule has 0 aliphatic rings. The Morgan fingerprint density at radius 3 is 2.12 bits per heavy atom. The molecule has 0 spiro atoms. The van der Waals surface area contributed by atoms with Crippen molar-refractivity contribution in [2.45, 2.75) is 64.1 Å². The first-order valence-electron chi connectivity index (χ1n) is 11.4. The van der Waals surface area contributed by atoms with Crippen molar-refractivity contribution < 1.29 is 22.4 Å². The van der Waals surface area contributed by atoms with Gasteiger partial charge in [-0.25, -0.2) is 12.8 Å². The molecule has 34 heavy (non-hydrogen) atoms. The molecule has 2 atom stereocenters. The number of likely N-dealkylation sites (N-methyl/N-ethyl adjacent to an activating group) is 1. The molecule has 0 bridgehead atoms. The van der Waals surface area contributed by atoms with Crippen LogP contribution in [0.4, 0.5) is 4.39 Å². The third kappa shape index (κ3) is 7.11. The number of rotatable bonds is 11. The zero-order valence-corrected chi connectivity index (χ0v) is 21.2. The first kappa shape index (κ1) is 27.5. The Balaban J connectivity index is 2.32. The van der Waals surface area contributed by atoms with Crippen molar-refractivity contribution in [1.82, 2.24) is 14.5 Å². The minimum absolute atomic E-state index is 0.0456. The van der Waals surface area contributed by atoms with Gasteiger partial charge in [-0.3, -0.25) is 9.59 Å². The van der Waals surface area contributed by atoms with Crippen molar-refractivity contribution in [3.63, 3.8) is 0 Å². The summed E-state index contributed by atoms with van der Waals surface area (Å²) in [7, 11) is -2.57. The number of nitrogens with one attached hydrogen (secondary N) is 1. The molecule has 0 aromatic heterocycles. The Bertz CT molecular complexity index is 1070. The van der Waals surface area contributed by atoms with E-state index in [0.717, 1.165) is 16.3 Å². The third-order valence-corrected chi connectivity index (χ3v) is 7.56. The molecule has 186 valence electrons. The number of nitrogens with zero attached hydrogens (tertiary/aromatic N) is 2. The number of benzene rings is 2. The van der Waals surface area contributed by atoms with Crippen LogP contribution >= 0.6 is 0 Å². The Hall–Kier alpha value is -2.78. The van der Waals surface area contributed by atoms with E-state index in [1.165, 1.54) is 36.2 Å². The molecule has 0 heterocycles. The van der Waals surface area contributed by atoms with Crippen LogP contribution in [0.25, 0.3) is 0 Å². The van der Waals surface area contributed by atoms with Gasteiger partial charge in [0.1, 0.15) is 11.9 Å². The van der Waals surface area contributed by atoms with E-state index in [0.29, 0.717) is 12.0 Å². The third-order valence-electron chi connectivity index (χ3n) is 5.74. The van der Waals surface area contributed by atoms with Gasteiger partial charge in [-0.15, -0.1) is 0 Å². The lowest BCUT2D eigenvalue weighted by Gasteiger charge is -2.32. The fourth-order valence-electron chi connectivity index (χ4n) is 3.40. The minimum atomic E-state index is -3.90. The summed E-state index contributed by atoms with van der Waals surface area (Å²) in [5.41, 5.74) is 1.55. The highest BCUT2D eigenvalue weighted by Gasteiger charge is 2.32. The van der Waals surface area contributed by atoms with Gasteiger partial charge in [-0.2, -0.15) is 4.31 Å². The normalized spacial score (nSPS) is 13.4. The number of carbonyl (C=O) groups is 2. The number of halogens is 1. The summed E-state index contributed by atoms with van der Waals surface area (Å²) in [5, 5.41) is 2.90. The second kappa shape index (κ2) is 12.1. The Labute approximate surface area is 202 Å². The van der Waals surface area contributed by atoms with Crippen molar-refractivity contribution in [2.75, 3.05) is 13.6 Å². The zero-order valence-electron chi connectivity index (χ0n) is 20.4. The molecule has 2 aromatic carbocycles. The van der Waals surface area contributed by atoms with Gasteiger partial charge in [0.15, 0.2) is 0 Å². The maximum absolute atomic E-state index is 13.4. The monoisotopic (exact) mass is 491 g/mol. The number of hydrogen-bond donors (Lipinski definition) is 1. The summed E-state index contributed by atoms with van der Waals surface area (Å²) in [6.45, 7) is 7.07. The Morgan fingerprint density at radius 1 is 1.00 bits per heavy atom. The first-order chi connectivity index (χ1) is 16.0. The molecule has 7 nitrogen and oxygen atoms in total.